The lowest BCUT2D eigenvalue weighted by molar-refractivity contribution is -0.387. The summed E-state index contributed by atoms with van der Waals surface area (Å²) in [5, 5.41) is 11.0. The predicted molar refractivity (Wildman–Crippen MR) is 90.2 cm³/mol. The van der Waals surface area contributed by atoms with Gasteiger partial charge < -0.3 is 9.64 Å². The molecule has 1 heterocycles. The van der Waals surface area contributed by atoms with Crippen molar-refractivity contribution in [2.75, 3.05) is 19.4 Å². The molecule has 1 aromatic carbocycles. The fourth-order valence-electron chi connectivity index (χ4n) is 2.72. The number of nitro groups is 1. The zero-order chi connectivity index (χ0) is 17.7. The number of hydrogen-bond acceptors (Lipinski definition) is 6. The number of nitro benzene ring substituents is 1. The molecule has 1 fully saturated rings. The Kier molecular flexibility index (Phi) is 6.19. The standard InChI is InChI=1S/C16H20N2O5S/c1-11-5-3-4-8-17(11)15(19)10-23-16(20)12-6-7-14(24-2)13(9-12)18(21)22/h6-7,9,11H,3-5,8,10H2,1-2H3/t11-/m1/s1. The molecule has 0 unspecified atom stereocenters. The van der Waals surface area contributed by atoms with Gasteiger partial charge in [0.2, 0.25) is 0 Å². The summed E-state index contributed by atoms with van der Waals surface area (Å²) in [5.41, 5.74) is -0.0769. The zero-order valence-electron chi connectivity index (χ0n) is 13.7. The Morgan fingerprint density at radius 2 is 2.17 bits per heavy atom. The number of piperidine rings is 1. The summed E-state index contributed by atoms with van der Waals surface area (Å²) in [7, 11) is 0. The molecule has 1 atom stereocenters. The van der Waals surface area contributed by atoms with Crippen molar-refractivity contribution in [2.24, 2.45) is 0 Å². The van der Waals surface area contributed by atoms with Crippen molar-refractivity contribution in [3.8, 4) is 0 Å². The van der Waals surface area contributed by atoms with E-state index in [1.807, 2.05) is 6.92 Å². The van der Waals surface area contributed by atoms with Crippen LogP contribution in [-0.4, -0.2) is 47.1 Å². The molecule has 130 valence electrons. The predicted octanol–water partition coefficient (Wildman–Crippen LogP) is 2.87. The fraction of sp³-hybridized carbons (Fsp3) is 0.500. The van der Waals surface area contributed by atoms with Crippen molar-refractivity contribution < 1.29 is 19.2 Å². The van der Waals surface area contributed by atoms with Crippen LogP contribution in [0.3, 0.4) is 0 Å². The van der Waals surface area contributed by atoms with E-state index in [1.165, 1.54) is 30.0 Å². The van der Waals surface area contributed by atoms with E-state index in [4.69, 9.17) is 4.74 Å². The third-order valence-electron chi connectivity index (χ3n) is 4.06. The van der Waals surface area contributed by atoms with Crippen molar-refractivity contribution in [1.29, 1.82) is 0 Å². The highest BCUT2D eigenvalue weighted by molar-refractivity contribution is 7.98. The first kappa shape index (κ1) is 18.3. The Hall–Kier alpha value is -2.09. The molecule has 0 spiro atoms. The maximum absolute atomic E-state index is 12.2. The summed E-state index contributed by atoms with van der Waals surface area (Å²) in [6.07, 6.45) is 4.71. The van der Waals surface area contributed by atoms with Gasteiger partial charge in [-0.1, -0.05) is 0 Å². The van der Waals surface area contributed by atoms with Gasteiger partial charge in [0.25, 0.3) is 11.6 Å². The van der Waals surface area contributed by atoms with Gasteiger partial charge in [0.15, 0.2) is 6.61 Å². The number of carbonyl (C=O) groups excluding carboxylic acids is 2. The third kappa shape index (κ3) is 4.25. The van der Waals surface area contributed by atoms with E-state index in [9.17, 15) is 19.7 Å². The minimum Gasteiger partial charge on any atom is -0.452 e. The second kappa shape index (κ2) is 8.14. The molecule has 0 aliphatic carbocycles. The van der Waals surface area contributed by atoms with Gasteiger partial charge in [0, 0.05) is 18.7 Å². The number of ether oxygens (including phenoxy) is 1. The van der Waals surface area contributed by atoms with Gasteiger partial charge in [0.1, 0.15) is 0 Å². The van der Waals surface area contributed by atoms with Crippen LogP contribution >= 0.6 is 11.8 Å². The van der Waals surface area contributed by atoms with E-state index in [0.29, 0.717) is 11.4 Å². The number of thioether (sulfide) groups is 1. The average Bonchev–Trinajstić information content (AvgIpc) is 2.59. The molecule has 1 aliphatic rings. The number of amides is 1. The van der Waals surface area contributed by atoms with Gasteiger partial charge in [-0.25, -0.2) is 4.79 Å². The van der Waals surface area contributed by atoms with Crippen LogP contribution < -0.4 is 0 Å². The highest BCUT2D eigenvalue weighted by Gasteiger charge is 2.24. The lowest BCUT2D eigenvalue weighted by atomic mass is 10.0. The molecule has 0 aromatic heterocycles. The largest absolute Gasteiger partial charge is 0.452 e. The second-order valence-corrected chi connectivity index (χ2v) is 6.50. The maximum atomic E-state index is 12.2. The number of benzene rings is 1. The Balaban J connectivity index is 2.01. The first-order valence-corrected chi connectivity index (χ1v) is 8.95. The van der Waals surface area contributed by atoms with E-state index in [1.54, 1.807) is 11.2 Å². The number of carbonyl (C=O) groups is 2. The van der Waals surface area contributed by atoms with Crippen LogP contribution in [-0.2, 0) is 9.53 Å². The van der Waals surface area contributed by atoms with Gasteiger partial charge in [-0.05, 0) is 44.6 Å². The summed E-state index contributed by atoms with van der Waals surface area (Å²) < 4.78 is 5.04. The molecule has 8 heteroatoms. The monoisotopic (exact) mass is 352 g/mol. The van der Waals surface area contributed by atoms with Gasteiger partial charge in [-0.15, -0.1) is 11.8 Å². The Morgan fingerprint density at radius 3 is 2.79 bits per heavy atom. The van der Waals surface area contributed by atoms with Crippen molar-refractivity contribution in [1.82, 2.24) is 4.90 Å². The number of likely N-dealkylation sites (tertiary alicyclic amines) is 1. The van der Waals surface area contributed by atoms with Gasteiger partial charge in [-0.2, -0.15) is 0 Å². The lowest BCUT2D eigenvalue weighted by Gasteiger charge is -2.33. The molecule has 0 N–H and O–H groups in total. The number of esters is 1. The highest BCUT2D eigenvalue weighted by Crippen LogP contribution is 2.28. The van der Waals surface area contributed by atoms with Gasteiger partial charge >= 0.3 is 5.97 Å². The molecule has 0 radical (unpaired) electrons. The van der Waals surface area contributed by atoms with Crippen LogP contribution in [0.1, 0.15) is 36.5 Å². The van der Waals surface area contributed by atoms with Gasteiger partial charge in [0.05, 0.1) is 15.4 Å². The number of rotatable bonds is 5. The molecule has 0 saturated carbocycles. The number of nitrogens with zero attached hydrogens (tertiary/aromatic N) is 2. The van der Waals surface area contributed by atoms with Crippen molar-refractivity contribution in [3.05, 3.63) is 33.9 Å². The first-order chi connectivity index (χ1) is 11.4. The summed E-state index contributed by atoms with van der Waals surface area (Å²) in [6, 6.07) is 4.30. The Labute approximate surface area is 144 Å². The minimum atomic E-state index is -0.733. The Morgan fingerprint density at radius 1 is 1.42 bits per heavy atom. The summed E-state index contributed by atoms with van der Waals surface area (Å²) in [6.45, 7) is 2.30. The van der Waals surface area contributed by atoms with Crippen molar-refractivity contribution in [2.45, 2.75) is 37.1 Å². The smallest absolute Gasteiger partial charge is 0.338 e. The van der Waals surface area contributed by atoms with Crippen LogP contribution in [0, 0.1) is 10.1 Å². The van der Waals surface area contributed by atoms with E-state index >= 15 is 0 Å². The summed E-state index contributed by atoms with van der Waals surface area (Å²) in [5.74, 6) is -0.963. The second-order valence-electron chi connectivity index (χ2n) is 5.65. The average molecular weight is 352 g/mol. The zero-order valence-corrected chi connectivity index (χ0v) is 14.5. The molecular weight excluding hydrogens is 332 g/mol. The van der Waals surface area contributed by atoms with Crippen molar-refractivity contribution >= 4 is 29.3 Å². The molecule has 1 amide bonds. The third-order valence-corrected chi connectivity index (χ3v) is 4.85. The van der Waals surface area contributed by atoms with E-state index in [-0.39, 0.29) is 29.8 Å². The molecule has 24 heavy (non-hydrogen) atoms. The molecule has 2 rings (SSSR count). The quantitative estimate of drug-likeness (QED) is 0.350. The number of hydrogen-bond donors (Lipinski definition) is 0. The topological polar surface area (TPSA) is 89.8 Å². The van der Waals surface area contributed by atoms with E-state index < -0.39 is 10.9 Å². The van der Waals surface area contributed by atoms with E-state index in [2.05, 4.69) is 0 Å². The van der Waals surface area contributed by atoms with E-state index in [0.717, 1.165) is 19.3 Å². The van der Waals surface area contributed by atoms with Crippen LogP contribution in [0.25, 0.3) is 0 Å². The van der Waals surface area contributed by atoms with Crippen LogP contribution in [0.15, 0.2) is 23.1 Å². The van der Waals surface area contributed by atoms with Crippen LogP contribution in [0.4, 0.5) is 5.69 Å². The summed E-state index contributed by atoms with van der Waals surface area (Å²) in [4.78, 5) is 36.9. The normalized spacial score (nSPS) is 17.4. The first-order valence-electron chi connectivity index (χ1n) is 7.73. The maximum Gasteiger partial charge on any atom is 0.338 e. The molecule has 1 saturated heterocycles. The van der Waals surface area contributed by atoms with Crippen LogP contribution in [0.2, 0.25) is 0 Å². The molecular formula is C16H20N2O5S. The molecule has 7 nitrogen and oxygen atoms in total. The molecule has 0 bridgehead atoms. The minimum absolute atomic E-state index is 0.0685. The van der Waals surface area contributed by atoms with Crippen LogP contribution in [0.5, 0.6) is 0 Å². The highest BCUT2D eigenvalue weighted by atomic mass is 32.2. The van der Waals surface area contributed by atoms with Gasteiger partial charge in [-0.3, -0.25) is 14.9 Å². The lowest BCUT2D eigenvalue weighted by Crippen LogP contribution is -2.44. The Bertz CT molecular complexity index is 649. The summed E-state index contributed by atoms with van der Waals surface area (Å²) >= 11 is 1.23. The van der Waals surface area contributed by atoms with Crippen molar-refractivity contribution in [3.63, 3.8) is 0 Å². The SMILES string of the molecule is CSc1ccc(C(=O)OCC(=O)N2CCCC[C@H]2C)cc1[N+](=O)[O-]. The molecule has 1 aliphatic heterocycles. The fourth-order valence-corrected chi connectivity index (χ4v) is 3.27. The molecule has 1 aromatic rings.